The second-order valence-corrected chi connectivity index (χ2v) is 6.91. The van der Waals surface area contributed by atoms with Crippen molar-refractivity contribution < 1.29 is 9.47 Å². The third kappa shape index (κ3) is 3.66. The van der Waals surface area contributed by atoms with Crippen molar-refractivity contribution in [3.05, 3.63) is 82.6 Å². The molecule has 4 aromatic rings. The SMILES string of the molecule is COc1ccc(Cn2c(C)cc3c(Cl)nnc(OCc4ccccc4)c32)cc1. The van der Waals surface area contributed by atoms with Gasteiger partial charge in [0.25, 0.3) is 5.88 Å². The van der Waals surface area contributed by atoms with Gasteiger partial charge in [-0.1, -0.05) is 54.1 Å². The van der Waals surface area contributed by atoms with E-state index in [4.69, 9.17) is 21.1 Å². The van der Waals surface area contributed by atoms with Crippen LogP contribution in [0.3, 0.4) is 0 Å². The predicted molar refractivity (Wildman–Crippen MR) is 110 cm³/mol. The molecule has 28 heavy (non-hydrogen) atoms. The summed E-state index contributed by atoms with van der Waals surface area (Å²) in [6, 6.07) is 20.0. The van der Waals surface area contributed by atoms with Gasteiger partial charge in [0.2, 0.25) is 0 Å². The number of hydrogen-bond donors (Lipinski definition) is 0. The fraction of sp³-hybridized carbons (Fsp3) is 0.182. The largest absolute Gasteiger partial charge is 0.497 e. The zero-order chi connectivity index (χ0) is 19.5. The van der Waals surface area contributed by atoms with Crippen molar-refractivity contribution in [1.82, 2.24) is 14.8 Å². The molecule has 2 heterocycles. The Morgan fingerprint density at radius 1 is 0.964 bits per heavy atom. The van der Waals surface area contributed by atoms with Crippen molar-refractivity contribution in [1.29, 1.82) is 0 Å². The Labute approximate surface area is 168 Å². The molecule has 0 aliphatic rings. The van der Waals surface area contributed by atoms with Gasteiger partial charge in [-0.2, -0.15) is 0 Å². The highest BCUT2D eigenvalue weighted by atomic mass is 35.5. The molecule has 0 amide bonds. The Balaban J connectivity index is 1.70. The normalized spacial score (nSPS) is 11.0. The highest BCUT2D eigenvalue weighted by Crippen LogP contribution is 2.32. The number of nitrogens with zero attached hydrogens (tertiary/aromatic N) is 3. The van der Waals surface area contributed by atoms with Crippen LogP contribution >= 0.6 is 11.6 Å². The number of halogens is 1. The van der Waals surface area contributed by atoms with Gasteiger partial charge in [-0.3, -0.25) is 0 Å². The van der Waals surface area contributed by atoms with E-state index in [1.54, 1.807) is 7.11 Å². The average molecular weight is 394 g/mol. The molecule has 0 radical (unpaired) electrons. The van der Waals surface area contributed by atoms with E-state index >= 15 is 0 Å². The molecule has 0 bridgehead atoms. The molecule has 0 fully saturated rings. The van der Waals surface area contributed by atoms with Crippen LogP contribution in [0.4, 0.5) is 0 Å². The second-order valence-electron chi connectivity index (χ2n) is 6.55. The molecule has 2 aromatic carbocycles. The summed E-state index contributed by atoms with van der Waals surface area (Å²) in [4.78, 5) is 0. The number of methoxy groups -OCH3 is 1. The molecule has 6 heteroatoms. The quantitative estimate of drug-likeness (QED) is 0.461. The predicted octanol–water partition coefficient (Wildman–Crippen LogP) is 5.03. The maximum atomic E-state index is 6.32. The summed E-state index contributed by atoms with van der Waals surface area (Å²) in [6.45, 7) is 3.13. The minimum atomic E-state index is 0.374. The second kappa shape index (κ2) is 7.90. The van der Waals surface area contributed by atoms with Gasteiger partial charge >= 0.3 is 0 Å². The van der Waals surface area contributed by atoms with Crippen molar-refractivity contribution in [3.8, 4) is 11.6 Å². The molecule has 0 atom stereocenters. The summed E-state index contributed by atoms with van der Waals surface area (Å²) in [5, 5.41) is 9.50. The molecule has 0 N–H and O–H groups in total. The van der Waals surface area contributed by atoms with Crippen LogP contribution in [0.1, 0.15) is 16.8 Å². The molecule has 0 spiro atoms. The van der Waals surface area contributed by atoms with Crippen LogP contribution in [0.15, 0.2) is 60.7 Å². The van der Waals surface area contributed by atoms with Gasteiger partial charge in [-0.15, -0.1) is 10.2 Å². The number of aryl methyl sites for hydroxylation is 1. The summed E-state index contributed by atoms with van der Waals surface area (Å²) in [5.74, 6) is 1.31. The van der Waals surface area contributed by atoms with E-state index in [0.29, 0.717) is 24.2 Å². The Morgan fingerprint density at radius 3 is 2.43 bits per heavy atom. The first-order valence-corrected chi connectivity index (χ1v) is 9.35. The molecule has 0 aliphatic carbocycles. The zero-order valence-corrected chi connectivity index (χ0v) is 16.5. The van der Waals surface area contributed by atoms with Crippen LogP contribution < -0.4 is 9.47 Å². The topological polar surface area (TPSA) is 49.2 Å². The monoisotopic (exact) mass is 393 g/mol. The van der Waals surface area contributed by atoms with E-state index in [9.17, 15) is 0 Å². The molecule has 4 rings (SSSR count). The van der Waals surface area contributed by atoms with Crippen LogP contribution in [-0.4, -0.2) is 21.9 Å². The van der Waals surface area contributed by atoms with Crippen LogP contribution in [0, 0.1) is 6.92 Å². The molecule has 0 unspecified atom stereocenters. The van der Waals surface area contributed by atoms with E-state index in [2.05, 4.69) is 14.8 Å². The fourth-order valence-corrected chi connectivity index (χ4v) is 3.38. The van der Waals surface area contributed by atoms with E-state index < -0.39 is 0 Å². The van der Waals surface area contributed by atoms with Gasteiger partial charge < -0.3 is 14.0 Å². The molecule has 0 saturated carbocycles. The number of ether oxygens (including phenoxy) is 2. The van der Waals surface area contributed by atoms with Crippen LogP contribution in [-0.2, 0) is 13.2 Å². The first kappa shape index (κ1) is 18.3. The number of benzene rings is 2. The molecular weight excluding hydrogens is 374 g/mol. The van der Waals surface area contributed by atoms with Gasteiger partial charge in [-0.05, 0) is 36.2 Å². The Kier molecular flexibility index (Phi) is 5.17. The molecule has 5 nitrogen and oxygen atoms in total. The molecule has 0 saturated heterocycles. The summed E-state index contributed by atoms with van der Waals surface area (Å²) < 4.78 is 13.4. The molecular formula is C22H20ClN3O2. The number of hydrogen-bond acceptors (Lipinski definition) is 4. The van der Waals surface area contributed by atoms with E-state index in [-0.39, 0.29) is 0 Å². The van der Waals surface area contributed by atoms with Crippen molar-refractivity contribution >= 4 is 22.5 Å². The van der Waals surface area contributed by atoms with Crippen molar-refractivity contribution in [2.45, 2.75) is 20.1 Å². The summed E-state index contributed by atoms with van der Waals surface area (Å²) in [7, 11) is 1.66. The molecule has 142 valence electrons. The number of rotatable bonds is 6. The fourth-order valence-electron chi connectivity index (χ4n) is 3.20. The van der Waals surface area contributed by atoms with Crippen molar-refractivity contribution in [3.63, 3.8) is 0 Å². The maximum absolute atomic E-state index is 6.32. The standard InChI is InChI=1S/C22H20ClN3O2/c1-15-12-19-20(26(15)13-16-8-10-18(27-2)11-9-16)22(25-24-21(19)23)28-14-17-6-4-3-5-7-17/h3-12H,13-14H2,1-2H3. The summed E-state index contributed by atoms with van der Waals surface area (Å²) in [6.07, 6.45) is 0. The highest BCUT2D eigenvalue weighted by molar-refractivity contribution is 6.34. The summed E-state index contributed by atoms with van der Waals surface area (Å²) >= 11 is 6.32. The molecule has 2 aromatic heterocycles. The van der Waals surface area contributed by atoms with Crippen LogP contribution in [0.25, 0.3) is 10.9 Å². The third-order valence-electron chi connectivity index (χ3n) is 4.68. The highest BCUT2D eigenvalue weighted by Gasteiger charge is 2.17. The van der Waals surface area contributed by atoms with Crippen LogP contribution in [0.2, 0.25) is 5.15 Å². The minimum absolute atomic E-state index is 0.374. The van der Waals surface area contributed by atoms with E-state index in [1.165, 1.54) is 0 Å². The van der Waals surface area contributed by atoms with Gasteiger partial charge in [0.1, 0.15) is 17.9 Å². The Morgan fingerprint density at radius 2 is 1.71 bits per heavy atom. The average Bonchev–Trinajstić information content (AvgIpc) is 3.06. The van der Waals surface area contributed by atoms with Crippen LogP contribution in [0.5, 0.6) is 11.6 Å². The molecule has 0 aliphatic heterocycles. The Hall–Kier alpha value is -3.05. The van der Waals surface area contributed by atoms with Gasteiger partial charge in [0.05, 0.1) is 7.11 Å². The zero-order valence-electron chi connectivity index (χ0n) is 15.7. The number of fused-ring (bicyclic) bond motifs is 1. The lowest BCUT2D eigenvalue weighted by molar-refractivity contribution is 0.293. The smallest absolute Gasteiger partial charge is 0.258 e. The van der Waals surface area contributed by atoms with Gasteiger partial charge in [0, 0.05) is 17.6 Å². The third-order valence-corrected chi connectivity index (χ3v) is 4.95. The van der Waals surface area contributed by atoms with E-state index in [0.717, 1.165) is 33.5 Å². The van der Waals surface area contributed by atoms with E-state index in [1.807, 2.05) is 67.6 Å². The first-order valence-electron chi connectivity index (χ1n) is 8.97. The lowest BCUT2D eigenvalue weighted by Gasteiger charge is -2.12. The maximum Gasteiger partial charge on any atom is 0.258 e. The van der Waals surface area contributed by atoms with Crippen molar-refractivity contribution in [2.24, 2.45) is 0 Å². The minimum Gasteiger partial charge on any atom is -0.497 e. The van der Waals surface area contributed by atoms with Gasteiger partial charge in [0.15, 0.2) is 5.15 Å². The number of aromatic nitrogens is 3. The summed E-state index contributed by atoms with van der Waals surface area (Å²) in [5.41, 5.74) is 4.12. The van der Waals surface area contributed by atoms with Gasteiger partial charge in [-0.25, -0.2) is 0 Å². The first-order chi connectivity index (χ1) is 13.7. The Bertz CT molecular complexity index is 1090. The lowest BCUT2D eigenvalue weighted by Crippen LogP contribution is -2.05. The van der Waals surface area contributed by atoms with Crippen molar-refractivity contribution in [2.75, 3.05) is 7.11 Å². The lowest BCUT2D eigenvalue weighted by atomic mass is 10.2.